The largest absolute Gasteiger partial charge is 0.311 e. The van der Waals surface area contributed by atoms with Crippen molar-refractivity contribution < 1.29 is 8.78 Å². The highest BCUT2D eigenvalue weighted by molar-refractivity contribution is 6.31. The highest BCUT2D eigenvalue weighted by atomic mass is 35.5. The van der Waals surface area contributed by atoms with Crippen molar-refractivity contribution >= 4 is 24.0 Å². The lowest BCUT2D eigenvalue weighted by molar-refractivity contribution is -0.137. The number of alkyl halides is 2. The van der Waals surface area contributed by atoms with Gasteiger partial charge < -0.3 is 5.32 Å². The summed E-state index contributed by atoms with van der Waals surface area (Å²) >= 11 is 6.15. The van der Waals surface area contributed by atoms with Crippen LogP contribution in [0.4, 0.5) is 8.78 Å². The van der Waals surface area contributed by atoms with Gasteiger partial charge in [-0.2, -0.15) is 0 Å². The first-order chi connectivity index (χ1) is 10.8. The number of halogens is 4. The molecule has 2 aliphatic rings. The first-order valence-corrected chi connectivity index (χ1v) is 8.77. The van der Waals surface area contributed by atoms with Gasteiger partial charge in [0.15, 0.2) is 0 Å². The summed E-state index contributed by atoms with van der Waals surface area (Å²) in [6.07, 6.45) is -0.0191. The van der Waals surface area contributed by atoms with E-state index in [4.69, 9.17) is 11.6 Å². The maximum atomic E-state index is 13.5. The molecule has 0 aromatic heterocycles. The van der Waals surface area contributed by atoms with E-state index in [-0.39, 0.29) is 37.2 Å². The summed E-state index contributed by atoms with van der Waals surface area (Å²) in [5.41, 5.74) is 2.13. The molecule has 1 aromatic rings. The Kier molecular flexibility index (Phi) is 6.17. The predicted octanol–water partition coefficient (Wildman–Crippen LogP) is 4.84. The summed E-state index contributed by atoms with van der Waals surface area (Å²) in [5.74, 6) is -2.48. The Bertz CT molecular complexity index is 574. The van der Waals surface area contributed by atoms with Crippen LogP contribution in [0.25, 0.3) is 0 Å². The quantitative estimate of drug-likeness (QED) is 0.809. The average Bonchev–Trinajstić information content (AvgIpc) is 2.45. The first-order valence-electron chi connectivity index (χ1n) is 8.40. The van der Waals surface area contributed by atoms with E-state index in [1.807, 2.05) is 19.1 Å². The number of hydrogen-bond donors (Lipinski definition) is 1. The zero-order valence-electron chi connectivity index (χ0n) is 14.4. The van der Waals surface area contributed by atoms with E-state index >= 15 is 0 Å². The van der Waals surface area contributed by atoms with E-state index in [2.05, 4.69) is 30.1 Å². The molecule has 3 rings (SSSR count). The van der Waals surface area contributed by atoms with Gasteiger partial charge in [0.2, 0.25) is 5.92 Å². The summed E-state index contributed by atoms with van der Waals surface area (Å²) in [7, 11) is 0. The van der Waals surface area contributed by atoms with Gasteiger partial charge in [0.05, 0.1) is 0 Å². The average molecular weight is 379 g/mol. The summed E-state index contributed by atoms with van der Waals surface area (Å²) in [6, 6.07) is 6.74. The molecule has 1 saturated heterocycles. The molecule has 1 heterocycles. The maximum Gasteiger partial charge on any atom is 0.248 e. The van der Waals surface area contributed by atoms with Crippen LogP contribution in [0.5, 0.6) is 0 Å². The minimum Gasteiger partial charge on any atom is -0.311 e. The number of hydrogen-bond acceptors (Lipinski definition) is 2. The van der Waals surface area contributed by atoms with E-state index in [0.29, 0.717) is 12.1 Å². The highest BCUT2D eigenvalue weighted by Gasteiger charge is 2.51. The fourth-order valence-electron chi connectivity index (χ4n) is 3.95. The van der Waals surface area contributed by atoms with Crippen LogP contribution < -0.4 is 5.32 Å². The third-order valence-electron chi connectivity index (χ3n) is 5.26. The summed E-state index contributed by atoms with van der Waals surface area (Å²) < 4.78 is 27.0. The monoisotopic (exact) mass is 378 g/mol. The van der Waals surface area contributed by atoms with Crippen molar-refractivity contribution in [3.8, 4) is 0 Å². The van der Waals surface area contributed by atoms with Gasteiger partial charge in [0.25, 0.3) is 0 Å². The zero-order valence-corrected chi connectivity index (χ0v) is 15.9. The van der Waals surface area contributed by atoms with E-state index in [1.54, 1.807) is 0 Å². The number of rotatable bonds is 3. The second kappa shape index (κ2) is 7.45. The predicted molar refractivity (Wildman–Crippen MR) is 97.5 cm³/mol. The number of benzene rings is 1. The number of piperazine rings is 1. The van der Waals surface area contributed by atoms with Crippen LogP contribution in [0.3, 0.4) is 0 Å². The molecular weight excluding hydrogens is 353 g/mol. The second-order valence-corrected chi connectivity index (χ2v) is 7.74. The molecule has 1 aliphatic heterocycles. The van der Waals surface area contributed by atoms with Crippen LogP contribution in [0.15, 0.2) is 18.2 Å². The Hall–Kier alpha value is -0.420. The maximum absolute atomic E-state index is 13.5. The van der Waals surface area contributed by atoms with E-state index in [0.717, 1.165) is 29.2 Å². The van der Waals surface area contributed by atoms with Gasteiger partial charge in [0, 0.05) is 49.1 Å². The van der Waals surface area contributed by atoms with Gasteiger partial charge in [0.1, 0.15) is 0 Å². The number of nitrogens with zero attached hydrogens (tertiary/aromatic N) is 1. The Labute approximate surface area is 154 Å². The molecule has 0 bridgehead atoms. The molecule has 24 heavy (non-hydrogen) atoms. The SMILES string of the molecule is Cc1cc(C(C2CC(F)(F)C2)N2C[C@H](C)NC[C@H]2C)ccc1Cl.Cl. The standard InChI is InChI=1S/C18H25ClF2N2.ClH/c1-11-6-14(4-5-16(11)19)17(15-7-18(20,21)8-15)23-10-12(2)22-9-13(23)3;/h4-6,12-13,15,17,22H,7-10H2,1-3H3;1H/t12-,13+,17?;/m0./s1. The summed E-state index contributed by atoms with van der Waals surface area (Å²) in [4.78, 5) is 2.41. The van der Waals surface area contributed by atoms with Crippen molar-refractivity contribution in [2.45, 2.75) is 57.7 Å². The minimum absolute atomic E-state index is 0. The summed E-state index contributed by atoms with van der Waals surface area (Å²) in [5, 5.41) is 4.20. The van der Waals surface area contributed by atoms with Crippen LogP contribution in [-0.2, 0) is 0 Å². The van der Waals surface area contributed by atoms with Crippen LogP contribution in [-0.4, -0.2) is 36.0 Å². The van der Waals surface area contributed by atoms with Gasteiger partial charge in [-0.1, -0.05) is 23.7 Å². The molecule has 2 fully saturated rings. The van der Waals surface area contributed by atoms with Gasteiger partial charge in [-0.3, -0.25) is 4.90 Å². The van der Waals surface area contributed by atoms with Crippen LogP contribution in [0, 0.1) is 12.8 Å². The number of nitrogens with one attached hydrogen (secondary N) is 1. The molecule has 1 saturated carbocycles. The molecular formula is C18H26Cl2F2N2. The van der Waals surface area contributed by atoms with Gasteiger partial charge >= 0.3 is 0 Å². The van der Waals surface area contributed by atoms with Crippen molar-refractivity contribution in [3.63, 3.8) is 0 Å². The smallest absolute Gasteiger partial charge is 0.248 e. The molecule has 3 atom stereocenters. The second-order valence-electron chi connectivity index (χ2n) is 7.33. The van der Waals surface area contributed by atoms with E-state index < -0.39 is 5.92 Å². The van der Waals surface area contributed by atoms with E-state index in [1.165, 1.54) is 0 Å². The lowest BCUT2D eigenvalue weighted by Gasteiger charge is -2.49. The van der Waals surface area contributed by atoms with Crippen molar-refractivity contribution in [2.24, 2.45) is 5.92 Å². The molecule has 1 N–H and O–H groups in total. The molecule has 0 spiro atoms. The molecule has 1 unspecified atom stereocenters. The van der Waals surface area contributed by atoms with Crippen LogP contribution in [0.1, 0.15) is 43.9 Å². The van der Waals surface area contributed by atoms with Gasteiger partial charge in [-0.05, 0) is 43.9 Å². The summed E-state index contributed by atoms with van der Waals surface area (Å²) in [6.45, 7) is 8.08. The fourth-order valence-corrected chi connectivity index (χ4v) is 4.07. The normalized spacial score (nSPS) is 28.8. The first kappa shape index (κ1) is 19.9. The Morgan fingerprint density at radius 3 is 2.54 bits per heavy atom. The van der Waals surface area contributed by atoms with Crippen molar-refractivity contribution in [1.82, 2.24) is 10.2 Å². The van der Waals surface area contributed by atoms with Crippen molar-refractivity contribution in [3.05, 3.63) is 34.3 Å². The Morgan fingerprint density at radius 2 is 1.96 bits per heavy atom. The zero-order chi connectivity index (χ0) is 16.8. The van der Waals surface area contributed by atoms with Gasteiger partial charge in [-0.25, -0.2) is 8.78 Å². The highest BCUT2D eigenvalue weighted by Crippen LogP contribution is 2.51. The number of aryl methyl sites for hydroxylation is 1. The molecule has 1 aliphatic carbocycles. The Morgan fingerprint density at radius 1 is 1.29 bits per heavy atom. The molecule has 136 valence electrons. The molecule has 1 aromatic carbocycles. The van der Waals surface area contributed by atoms with Crippen LogP contribution in [0.2, 0.25) is 5.02 Å². The van der Waals surface area contributed by atoms with Crippen molar-refractivity contribution in [2.75, 3.05) is 13.1 Å². The topological polar surface area (TPSA) is 15.3 Å². The minimum atomic E-state index is -2.49. The molecule has 0 amide bonds. The molecule has 6 heteroatoms. The lowest BCUT2D eigenvalue weighted by Crippen LogP contribution is -2.58. The fraction of sp³-hybridized carbons (Fsp3) is 0.667. The molecule has 0 radical (unpaired) electrons. The molecule has 2 nitrogen and oxygen atoms in total. The third kappa shape index (κ3) is 4.04. The van der Waals surface area contributed by atoms with Crippen LogP contribution >= 0.6 is 24.0 Å². The third-order valence-corrected chi connectivity index (χ3v) is 5.69. The van der Waals surface area contributed by atoms with Gasteiger partial charge in [-0.15, -0.1) is 12.4 Å². The van der Waals surface area contributed by atoms with Crippen molar-refractivity contribution in [1.29, 1.82) is 0 Å². The Balaban J connectivity index is 0.00000208. The lowest BCUT2D eigenvalue weighted by atomic mass is 9.73. The van der Waals surface area contributed by atoms with E-state index in [9.17, 15) is 8.78 Å².